The SMILES string of the molecule is COc1ncccc1Nc1cc2nc3ccccc3n(-c3ccc(F)c(F)c3)c-2cc1=NC1CCC(OC)CC1. The predicted octanol–water partition coefficient (Wildman–Crippen LogP) is 6.41. The van der Waals surface area contributed by atoms with Crippen molar-refractivity contribution < 1.29 is 18.3 Å². The van der Waals surface area contributed by atoms with Gasteiger partial charge < -0.3 is 19.4 Å². The largest absolute Gasteiger partial charge is 0.480 e. The van der Waals surface area contributed by atoms with Crippen LogP contribution in [0.2, 0.25) is 0 Å². The third-order valence-electron chi connectivity index (χ3n) is 7.39. The normalized spacial score (nSPS) is 17.9. The van der Waals surface area contributed by atoms with E-state index in [9.17, 15) is 8.78 Å². The highest BCUT2D eigenvalue weighted by Gasteiger charge is 2.22. The van der Waals surface area contributed by atoms with Gasteiger partial charge in [-0.15, -0.1) is 0 Å². The van der Waals surface area contributed by atoms with Gasteiger partial charge in [-0.3, -0.25) is 4.99 Å². The smallest absolute Gasteiger partial charge is 0.237 e. The summed E-state index contributed by atoms with van der Waals surface area (Å²) in [6, 6.07) is 19.3. The van der Waals surface area contributed by atoms with Crippen LogP contribution in [0.1, 0.15) is 25.7 Å². The van der Waals surface area contributed by atoms with Gasteiger partial charge in [-0.1, -0.05) is 12.1 Å². The molecule has 1 aromatic heterocycles. The molecule has 1 saturated carbocycles. The number of benzene rings is 3. The van der Waals surface area contributed by atoms with Crippen molar-refractivity contribution in [2.75, 3.05) is 19.5 Å². The van der Waals surface area contributed by atoms with E-state index in [-0.39, 0.29) is 12.1 Å². The van der Waals surface area contributed by atoms with E-state index >= 15 is 0 Å². The van der Waals surface area contributed by atoms with Crippen LogP contribution >= 0.6 is 0 Å². The molecule has 2 heterocycles. The lowest BCUT2D eigenvalue weighted by molar-refractivity contribution is 0.0663. The molecule has 0 saturated heterocycles. The average Bonchev–Trinajstić information content (AvgIpc) is 2.98. The molecule has 2 aliphatic carbocycles. The molecule has 204 valence electrons. The Morgan fingerprint density at radius 2 is 1.73 bits per heavy atom. The Balaban J connectivity index is 1.59. The maximum absolute atomic E-state index is 14.4. The number of rotatable bonds is 6. The van der Waals surface area contributed by atoms with Crippen LogP contribution in [0, 0.1) is 11.6 Å². The summed E-state index contributed by atoms with van der Waals surface area (Å²) in [6.07, 6.45) is 5.63. The number of nitrogens with zero attached hydrogens (tertiary/aromatic N) is 4. The number of methoxy groups -OCH3 is 2. The third kappa shape index (κ3) is 5.00. The number of aromatic nitrogens is 3. The predicted molar refractivity (Wildman–Crippen MR) is 150 cm³/mol. The number of hydrogen-bond acceptors (Lipinski definition) is 6. The summed E-state index contributed by atoms with van der Waals surface area (Å²) in [5.41, 5.74) is 4.79. The Kier molecular flexibility index (Phi) is 7.13. The van der Waals surface area contributed by atoms with Gasteiger partial charge in [0, 0.05) is 25.1 Å². The molecule has 3 aromatic rings. The molecule has 0 radical (unpaired) electrons. The quantitative estimate of drug-likeness (QED) is 0.251. The number of para-hydroxylation sites is 2. The van der Waals surface area contributed by atoms with Crippen LogP contribution in [0.4, 0.5) is 20.2 Å². The van der Waals surface area contributed by atoms with E-state index in [1.807, 2.05) is 53.1 Å². The summed E-state index contributed by atoms with van der Waals surface area (Å²) in [5.74, 6) is -1.36. The Morgan fingerprint density at radius 3 is 2.50 bits per heavy atom. The van der Waals surface area contributed by atoms with Gasteiger partial charge in [0.15, 0.2) is 11.6 Å². The fourth-order valence-corrected chi connectivity index (χ4v) is 5.35. The van der Waals surface area contributed by atoms with Gasteiger partial charge in [0.2, 0.25) is 5.88 Å². The van der Waals surface area contributed by atoms with Crippen LogP contribution in [-0.2, 0) is 4.74 Å². The zero-order valence-corrected chi connectivity index (χ0v) is 22.3. The second kappa shape index (κ2) is 11.0. The van der Waals surface area contributed by atoms with Gasteiger partial charge in [0.1, 0.15) is 5.69 Å². The van der Waals surface area contributed by atoms with Gasteiger partial charge in [-0.05, 0) is 74.2 Å². The first kappa shape index (κ1) is 25.9. The number of pyridine rings is 1. The summed E-state index contributed by atoms with van der Waals surface area (Å²) < 4.78 is 41.3. The highest BCUT2D eigenvalue weighted by atomic mass is 19.2. The summed E-state index contributed by atoms with van der Waals surface area (Å²) in [7, 11) is 3.33. The summed E-state index contributed by atoms with van der Waals surface area (Å²) in [5, 5.41) is 4.18. The van der Waals surface area contributed by atoms with Crippen molar-refractivity contribution in [2.45, 2.75) is 37.8 Å². The molecule has 0 spiro atoms. The summed E-state index contributed by atoms with van der Waals surface area (Å²) in [6.45, 7) is 0. The van der Waals surface area contributed by atoms with E-state index < -0.39 is 11.6 Å². The number of ether oxygens (including phenoxy) is 2. The van der Waals surface area contributed by atoms with Crippen LogP contribution in [0.15, 0.2) is 77.9 Å². The Bertz CT molecular complexity index is 1710. The maximum Gasteiger partial charge on any atom is 0.237 e. The number of nitrogens with one attached hydrogen (secondary N) is 1. The molecule has 9 heteroatoms. The Labute approximate surface area is 230 Å². The highest BCUT2D eigenvalue weighted by molar-refractivity contribution is 5.84. The first-order chi connectivity index (χ1) is 19.5. The van der Waals surface area contributed by atoms with E-state index in [1.165, 1.54) is 6.07 Å². The van der Waals surface area contributed by atoms with E-state index in [4.69, 9.17) is 19.5 Å². The number of anilines is 2. The molecule has 40 heavy (non-hydrogen) atoms. The Morgan fingerprint density at radius 1 is 0.900 bits per heavy atom. The third-order valence-corrected chi connectivity index (χ3v) is 7.39. The van der Waals surface area contributed by atoms with Crippen LogP contribution in [0.3, 0.4) is 0 Å². The van der Waals surface area contributed by atoms with Crippen molar-refractivity contribution in [1.82, 2.24) is 14.5 Å². The second-order valence-corrected chi connectivity index (χ2v) is 9.87. The zero-order valence-electron chi connectivity index (χ0n) is 22.3. The molecule has 6 rings (SSSR count). The molecule has 3 aliphatic rings. The van der Waals surface area contributed by atoms with Gasteiger partial charge in [-0.25, -0.2) is 18.7 Å². The molecule has 0 amide bonds. The minimum absolute atomic E-state index is 0.116. The molecule has 1 aliphatic heterocycles. The highest BCUT2D eigenvalue weighted by Crippen LogP contribution is 2.32. The fraction of sp³-hybridized carbons (Fsp3) is 0.258. The first-order valence-corrected chi connectivity index (χ1v) is 13.3. The topological polar surface area (TPSA) is 73.6 Å². The molecular formula is C31H29F2N5O2. The van der Waals surface area contributed by atoms with Gasteiger partial charge in [0.25, 0.3) is 0 Å². The van der Waals surface area contributed by atoms with Crippen LogP contribution < -0.4 is 15.4 Å². The van der Waals surface area contributed by atoms with Crippen molar-refractivity contribution in [3.63, 3.8) is 0 Å². The first-order valence-electron chi connectivity index (χ1n) is 13.3. The van der Waals surface area contributed by atoms with Crippen LogP contribution in [0.25, 0.3) is 28.1 Å². The molecule has 7 nitrogen and oxygen atoms in total. The molecule has 1 N–H and O–H groups in total. The van der Waals surface area contributed by atoms with E-state index in [0.717, 1.165) is 54.0 Å². The van der Waals surface area contributed by atoms with E-state index in [2.05, 4.69) is 10.3 Å². The monoisotopic (exact) mass is 541 g/mol. The molecule has 1 fully saturated rings. The summed E-state index contributed by atoms with van der Waals surface area (Å²) in [4.78, 5) is 14.4. The van der Waals surface area contributed by atoms with Crippen molar-refractivity contribution in [2.24, 2.45) is 4.99 Å². The van der Waals surface area contributed by atoms with Crippen LogP contribution in [0.5, 0.6) is 5.88 Å². The minimum atomic E-state index is -0.916. The van der Waals surface area contributed by atoms with Crippen LogP contribution in [-0.4, -0.2) is 40.9 Å². The van der Waals surface area contributed by atoms with Gasteiger partial charge >= 0.3 is 0 Å². The number of hydrogen-bond donors (Lipinski definition) is 1. The van der Waals surface area contributed by atoms with Gasteiger partial charge in [-0.2, -0.15) is 0 Å². The van der Waals surface area contributed by atoms with E-state index in [0.29, 0.717) is 28.5 Å². The molecule has 0 bridgehead atoms. The van der Waals surface area contributed by atoms with Crippen molar-refractivity contribution in [3.8, 4) is 23.0 Å². The van der Waals surface area contributed by atoms with Crippen molar-refractivity contribution in [1.29, 1.82) is 0 Å². The molecule has 2 aromatic carbocycles. The van der Waals surface area contributed by atoms with Crippen molar-refractivity contribution >= 4 is 22.4 Å². The molecule has 0 atom stereocenters. The number of fused-ring (bicyclic) bond motifs is 2. The Hall–Kier alpha value is -4.37. The number of halogens is 2. The average molecular weight is 542 g/mol. The maximum atomic E-state index is 14.4. The zero-order chi connectivity index (χ0) is 27.6. The fourth-order valence-electron chi connectivity index (χ4n) is 5.35. The standard InChI is InChI=1S/C31H29F2N5O2/c1-39-21-12-9-19(10-13-21)35-27-18-30-28(17-26(27)37-25-7-5-15-34-31(25)40-2)36-24-6-3-4-8-29(24)38(30)20-11-14-22(32)23(33)16-20/h3-8,11,14-19,21,37H,9-10,12-13H2,1-2H3. The molecular weight excluding hydrogens is 512 g/mol. The second-order valence-electron chi connectivity index (χ2n) is 9.87. The lowest BCUT2D eigenvalue weighted by Crippen LogP contribution is -2.25. The minimum Gasteiger partial charge on any atom is -0.480 e. The van der Waals surface area contributed by atoms with Gasteiger partial charge in [0.05, 0.1) is 52.7 Å². The lowest BCUT2D eigenvalue weighted by atomic mass is 9.93. The summed E-state index contributed by atoms with van der Waals surface area (Å²) >= 11 is 0. The lowest BCUT2D eigenvalue weighted by Gasteiger charge is -2.25. The van der Waals surface area contributed by atoms with Crippen molar-refractivity contribution in [3.05, 3.63) is 89.9 Å². The van der Waals surface area contributed by atoms with E-state index in [1.54, 1.807) is 26.5 Å². The molecule has 0 unspecified atom stereocenters.